The number of carbonyl (C=O) groups is 3. The highest BCUT2D eigenvalue weighted by atomic mass is 19.1. The van der Waals surface area contributed by atoms with Gasteiger partial charge in [0.05, 0.1) is 12.0 Å². The molecule has 0 aliphatic heterocycles. The van der Waals surface area contributed by atoms with Crippen LogP contribution in [0.2, 0.25) is 0 Å². The van der Waals surface area contributed by atoms with Gasteiger partial charge in [-0.3, -0.25) is 9.59 Å². The van der Waals surface area contributed by atoms with Gasteiger partial charge in [0.1, 0.15) is 5.82 Å². The minimum absolute atomic E-state index is 0.103. The maximum absolute atomic E-state index is 12.7. The molecule has 1 rings (SSSR count). The third kappa shape index (κ3) is 4.74. The first-order valence-corrected chi connectivity index (χ1v) is 5.45. The van der Waals surface area contributed by atoms with Crippen LogP contribution in [0.25, 0.3) is 0 Å². The molecule has 6 nitrogen and oxygen atoms in total. The number of amides is 2. The number of carboxylic acids is 1. The Labute approximate surface area is 108 Å². The summed E-state index contributed by atoms with van der Waals surface area (Å²) in [6.45, 7) is 0. The smallest absolute Gasteiger partial charge is 0.251 e. The Kier molecular flexibility index (Phi) is 4.99. The molecule has 3 N–H and O–H groups in total. The van der Waals surface area contributed by atoms with E-state index < -0.39 is 29.6 Å². The van der Waals surface area contributed by atoms with Crippen molar-refractivity contribution in [3.63, 3.8) is 0 Å². The van der Waals surface area contributed by atoms with Crippen molar-refractivity contribution in [2.45, 2.75) is 18.9 Å². The van der Waals surface area contributed by atoms with Gasteiger partial charge in [-0.05, 0) is 30.7 Å². The monoisotopic (exact) mass is 267 g/mol. The standard InChI is InChI=1S/C12H13FN2O4/c13-8-3-1-7(2-4-8)11(17)15-9(12(18)19)5-6-10(14)16/h1-4,9H,5-6H2,(H2,14,16)(H,15,17)(H,18,19)/p-1/t9-/m1/s1. The van der Waals surface area contributed by atoms with Gasteiger partial charge < -0.3 is 21.0 Å². The number of rotatable bonds is 6. The molecule has 0 spiro atoms. The second kappa shape index (κ2) is 6.48. The van der Waals surface area contributed by atoms with Gasteiger partial charge in [-0.1, -0.05) is 0 Å². The van der Waals surface area contributed by atoms with Crippen LogP contribution in [0.1, 0.15) is 23.2 Å². The zero-order valence-corrected chi connectivity index (χ0v) is 9.89. The molecule has 19 heavy (non-hydrogen) atoms. The highest BCUT2D eigenvalue weighted by Gasteiger charge is 2.15. The lowest BCUT2D eigenvalue weighted by Crippen LogP contribution is -2.48. The molecule has 102 valence electrons. The number of nitrogens with two attached hydrogens (primary N) is 1. The maximum atomic E-state index is 12.7. The molecule has 0 unspecified atom stereocenters. The highest BCUT2D eigenvalue weighted by Crippen LogP contribution is 2.04. The van der Waals surface area contributed by atoms with E-state index in [9.17, 15) is 23.9 Å². The molecule has 0 aliphatic rings. The molecule has 1 aromatic carbocycles. The number of aliphatic carboxylic acids is 1. The van der Waals surface area contributed by atoms with E-state index in [2.05, 4.69) is 5.32 Å². The van der Waals surface area contributed by atoms with Crippen LogP contribution in [-0.2, 0) is 9.59 Å². The van der Waals surface area contributed by atoms with Gasteiger partial charge >= 0.3 is 0 Å². The lowest BCUT2D eigenvalue weighted by molar-refractivity contribution is -0.308. The number of halogens is 1. The van der Waals surface area contributed by atoms with E-state index in [0.717, 1.165) is 12.1 Å². The van der Waals surface area contributed by atoms with E-state index in [1.807, 2.05) is 0 Å². The lowest BCUT2D eigenvalue weighted by atomic mass is 10.1. The van der Waals surface area contributed by atoms with E-state index in [1.165, 1.54) is 12.1 Å². The summed E-state index contributed by atoms with van der Waals surface area (Å²) in [5.74, 6) is -3.40. The molecular weight excluding hydrogens is 255 g/mol. The van der Waals surface area contributed by atoms with Crippen molar-refractivity contribution in [1.29, 1.82) is 0 Å². The average Bonchev–Trinajstić information content (AvgIpc) is 2.34. The highest BCUT2D eigenvalue weighted by molar-refractivity contribution is 5.96. The Balaban J connectivity index is 2.68. The zero-order valence-electron chi connectivity index (χ0n) is 9.89. The second-order valence-electron chi connectivity index (χ2n) is 3.86. The van der Waals surface area contributed by atoms with Crippen LogP contribution in [0, 0.1) is 5.82 Å². The number of carbonyl (C=O) groups excluding carboxylic acids is 3. The van der Waals surface area contributed by atoms with Gasteiger partial charge in [0, 0.05) is 12.0 Å². The Hall–Kier alpha value is -2.44. The van der Waals surface area contributed by atoms with Gasteiger partial charge in [0.15, 0.2) is 0 Å². The Bertz CT molecular complexity index is 487. The Morgan fingerprint density at radius 3 is 2.32 bits per heavy atom. The minimum atomic E-state index is -1.52. The molecule has 0 fully saturated rings. The van der Waals surface area contributed by atoms with Crippen LogP contribution in [-0.4, -0.2) is 23.8 Å². The predicted molar refractivity (Wildman–Crippen MR) is 61.1 cm³/mol. The Morgan fingerprint density at radius 1 is 1.26 bits per heavy atom. The molecule has 0 saturated carbocycles. The van der Waals surface area contributed by atoms with Crippen molar-refractivity contribution >= 4 is 17.8 Å². The first-order valence-electron chi connectivity index (χ1n) is 5.45. The van der Waals surface area contributed by atoms with Crippen LogP contribution in [0.5, 0.6) is 0 Å². The van der Waals surface area contributed by atoms with E-state index in [0.29, 0.717) is 0 Å². The maximum Gasteiger partial charge on any atom is 0.251 e. The molecule has 1 atom stereocenters. The number of carboxylic acid groups (broad SMARTS) is 1. The molecular formula is C12H12FN2O4-. The zero-order chi connectivity index (χ0) is 14.4. The molecule has 0 aromatic heterocycles. The third-order valence-electron chi connectivity index (χ3n) is 2.38. The minimum Gasteiger partial charge on any atom is -0.548 e. The SMILES string of the molecule is NC(=O)CC[C@@H](NC(=O)c1ccc(F)cc1)C(=O)[O-]. The van der Waals surface area contributed by atoms with Crippen molar-refractivity contribution in [2.75, 3.05) is 0 Å². The molecule has 0 bridgehead atoms. The molecule has 0 radical (unpaired) electrons. The molecule has 0 saturated heterocycles. The Morgan fingerprint density at radius 2 is 1.84 bits per heavy atom. The number of nitrogens with one attached hydrogen (secondary N) is 1. The number of hydrogen-bond acceptors (Lipinski definition) is 4. The fourth-order valence-corrected chi connectivity index (χ4v) is 1.38. The fraction of sp³-hybridized carbons (Fsp3) is 0.250. The van der Waals surface area contributed by atoms with Crippen LogP contribution >= 0.6 is 0 Å². The van der Waals surface area contributed by atoms with E-state index in [-0.39, 0.29) is 18.4 Å². The number of primary amides is 1. The predicted octanol–water partition coefficient (Wildman–Crippen LogP) is -1.06. The van der Waals surface area contributed by atoms with E-state index in [1.54, 1.807) is 0 Å². The van der Waals surface area contributed by atoms with Crippen molar-refractivity contribution < 1.29 is 23.9 Å². The van der Waals surface area contributed by atoms with Gasteiger partial charge in [0.2, 0.25) is 5.91 Å². The first-order chi connectivity index (χ1) is 8.90. The molecule has 7 heteroatoms. The third-order valence-corrected chi connectivity index (χ3v) is 2.38. The first kappa shape index (κ1) is 14.6. The molecule has 0 heterocycles. The summed E-state index contributed by atoms with van der Waals surface area (Å²) >= 11 is 0. The van der Waals surface area contributed by atoms with Crippen LogP contribution in [0.3, 0.4) is 0 Å². The summed E-state index contributed by atoms with van der Waals surface area (Å²) in [6, 6.07) is 3.25. The van der Waals surface area contributed by atoms with Crippen molar-refractivity contribution in [3.8, 4) is 0 Å². The van der Waals surface area contributed by atoms with Gasteiger partial charge in [-0.15, -0.1) is 0 Å². The fourth-order valence-electron chi connectivity index (χ4n) is 1.38. The van der Waals surface area contributed by atoms with Crippen molar-refractivity contribution in [2.24, 2.45) is 5.73 Å². The summed E-state index contributed by atoms with van der Waals surface area (Å²) in [7, 11) is 0. The van der Waals surface area contributed by atoms with Gasteiger partial charge in [-0.25, -0.2) is 4.39 Å². The van der Waals surface area contributed by atoms with E-state index in [4.69, 9.17) is 5.73 Å². The summed E-state index contributed by atoms with van der Waals surface area (Å²) in [5.41, 5.74) is 5.00. The van der Waals surface area contributed by atoms with Gasteiger partial charge in [-0.2, -0.15) is 0 Å². The van der Waals surface area contributed by atoms with E-state index >= 15 is 0 Å². The van der Waals surface area contributed by atoms with Crippen LogP contribution in [0.4, 0.5) is 4.39 Å². The second-order valence-corrected chi connectivity index (χ2v) is 3.86. The summed E-state index contributed by atoms with van der Waals surface area (Å²) in [5, 5.41) is 13.0. The summed E-state index contributed by atoms with van der Waals surface area (Å²) < 4.78 is 12.7. The summed E-state index contributed by atoms with van der Waals surface area (Å²) in [4.78, 5) is 33.0. The quantitative estimate of drug-likeness (QED) is 0.684. The lowest BCUT2D eigenvalue weighted by Gasteiger charge is -2.19. The topological polar surface area (TPSA) is 112 Å². The van der Waals surface area contributed by atoms with Crippen LogP contribution in [0.15, 0.2) is 24.3 Å². The largest absolute Gasteiger partial charge is 0.548 e. The number of benzene rings is 1. The van der Waals surface area contributed by atoms with Crippen LogP contribution < -0.4 is 16.2 Å². The average molecular weight is 267 g/mol. The van der Waals surface area contributed by atoms with Crippen molar-refractivity contribution in [3.05, 3.63) is 35.6 Å². The normalized spacial score (nSPS) is 11.6. The molecule has 2 amide bonds. The molecule has 0 aliphatic carbocycles. The molecule has 1 aromatic rings. The van der Waals surface area contributed by atoms with Crippen molar-refractivity contribution in [1.82, 2.24) is 5.32 Å². The number of hydrogen-bond donors (Lipinski definition) is 2. The van der Waals surface area contributed by atoms with Gasteiger partial charge in [0.25, 0.3) is 5.91 Å². The summed E-state index contributed by atoms with van der Waals surface area (Å²) in [6.07, 6.45) is -0.354.